The highest BCUT2D eigenvalue weighted by molar-refractivity contribution is 8.00. The van der Waals surface area contributed by atoms with Gasteiger partial charge in [0, 0.05) is 9.92 Å². The van der Waals surface area contributed by atoms with Crippen LogP contribution in [0.15, 0.2) is 53.4 Å². The van der Waals surface area contributed by atoms with E-state index in [2.05, 4.69) is 10.9 Å². The van der Waals surface area contributed by atoms with E-state index in [9.17, 15) is 9.59 Å². The maximum atomic E-state index is 12.2. The SMILES string of the molecule is C[C@H](Sc1ccc(Cl)cc1)C(=O)NNC(=O)[C@@H]1COc2ccccc2O1. The van der Waals surface area contributed by atoms with Gasteiger partial charge in [0.05, 0.1) is 5.25 Å². The molecule has 3 rings (SSSR count). The Hall–Kier alpha value is -2.38. The zero-order valence-electron chi connectivity index (χ0n) is 13.9. The number of halogens is 1. The van der Waals surface area contributed by atoms with Gasteiger partial charge in [-0.3, -0.25) is 20.4 Å². The lowest BCUT2D eigenvalue weighted by molar-refractivity contribution is -0.134. The Morgan fingerprint density at radius 2 is 1.81 bits per heavy atom. The van der Waals surface area contributed by atoms with Gasteiger partial charge in [-0.05, 0) is 43.3 Å². The molecule has 1 heterocycles. The van der Waals surface area contributed by atoms with Crippen LogP contribution >= 0.6 is 23.4 Å². The number of hydrogen-bond acceptors (Lipinski definition) is 5. The number of ether oxygens (including phenoxy) is 2. The fraction of sp³-hybridized carbons (Fsp3) is 0.222. The van der Waals surface area contributed by atoms with Crippen molar-refractivity contribution in [2.45, 2.75) is 23.2 Å². The van der Waals surface area contributed by atoms with Crippen molar-refractivity contribution in [3.8, 4) is 11.5 Å². The number of amides is 2. The lowest BCUT2D eigenvalue weighted by Crippen LogP contribution is -2.52. The van der Waals surface area contributed by atoms with Crippen LogP contribution in [0.25, 0.3) is 0 Å². The van der Waals surface area contributed by atoms with Crippen LogP contribution in [0.3, 0.4) is 0 Å². The van der Waals surface area contributed by atoms with Crippen LogP contribution in [-0.4, -0.2) is 29.8 Å². The second kappa shape index (κ2) is 8.33. The van der Waals surface area contributed by atoms with Crippen molar-refractivity contribution in [3.05, 3.63) is 53.6 Å². The van der Waals surface area contributed by atoms with Crippen LogP contribution in [0.4, 0.5) is 0 Å². The smallest absolute Gasteiger partial charge is 0.283 e. The molecule has 0 unspecified atom stereocenters. The van der Waals surface area contributed by atoms with E-state index in [4.69, 9.17) is 21.1 Å². The molecule has 0 aliphatic carbocycles. The van der Waals surface area contributed by atoms with Crippen molar-refractivity contribution in [2.24, 2.45) is 0 Å². The predicted molar refractivity (Wildman–Crippen MR) is 99.4 cm³/mol. The fourth-order valence-corrected chi connectivity index (χ4v) is 3.22. The van der Waals surface area contributed by atoms with E-state index < -0.39 is 17.3 Å². The fourth-order valence-electron chi connectivity index (χ4n) is 2.22. The molecule has 0 spiro atoms. The normalized spacial score (nSPS) is 16.5. The van der Waals surface area contributed by atoms with Gasteiger partial charge in [-0.2, -0.15) is 0 Å². The summed E-state index contributed by atoms with van der Waals surface area (Å²) in [5.74, 6) is 0.289. The number of hydrazine groups is 1. The molecule has 0 saturated carbocycles. The first-order valence-electron chi connectivity index (χ1n) is 7.93. The third-order valence-electron chi connectivity index (χ3n) is 3.61. The van der Waals surface area contributed by atoms with Crippen LogP contribution in [0.2, 0.25) is 5.02 Å². The third-order valence-corrected chi connectivity index (χ3v) is 4.97. The lowest BCUT2D eigenvalue weighted by Gasteiger charge is -2.25. The second-order valence-electron chi connectivity index (χ2n) is 5.56. The van der Waals surface area contributed by atoms with Gasteiger partial charge in [0.1, 0.15) is 6.61 Å². The number of thioether (sulfide) groups is 1. The summed E-state index contributed by atoms with van der Waals surface area (Å²) in [5.41, 5.74) is 4.80. The van der Waals surface area contributed by atoms with Crippen molar-refractivity contribution in [2.75, 3.05) is 6.61 Å². The molecule has 2 aromatic rings. The van der Waals surface area contributed by atoms with Crippen molar-refractivity contribution >= 4 is 35.2 Å². The Labute approximate surface area is 160 Å². The summed E-state index contributed by atoms with van der Waals surface area (Å²) in [5, 5.41) is 0.232. The minimum atomic E-state index is -0.829. The second-order valence-corrected chi connectivity index (χ2v) is 7.41. The number of carbonyl (C=O) groups excluding carboxylic acids is 2. The molecule has 8 heteroatoms. The minimum absolute atomic E-state index is 0.0772. The predicted octanol–water partition coefficient (Wildman–Crippen LogP) is 2.81. The van der Waals surface area contributed by atoms with Crippen molar-refractivity contribution in [1.29, 1.82) is 0 Å². The summed E-state index contributed by atoms with van der Waals surface area (Å²) >= 11 is 7.20. The van der Waals surface area contributed by atoms with Gasteiger partial charge in [0.25, 0.3) is 11.8 Å². The van der Waals surface area contributed by atoms with Gasteiger partial charge < -0.3 is 9.47 Å². The average molecular weight is 393 g/mol. The van der Waals surface area contributed by atoms with Gasteiger partial charge in [-0.15, -0.1) is 11.8 Å². The average Bonchev–Trinajstić information content (AvgIpc) is 2.67. The van der Waals surface area contributed by atoms with Crippen LogP contribution in [0.5, 0.6) is 11.5 Å². The Bertz CT molecular complexity index is 800. The van der Waals surface area contributed by atoms with E-state index in [0.717, 1.165) is 4.90 Å². The zero-order chi connectivity index (χ0) is 18.5. The Morgan fingerprint density at radius 3 is 2.54 bits per heavy atom. The van der Waals surface area contributed by atoms with Gasteiger partial charge in [-0.1, -0.05) is 23.7 Å². The first-order valence-corrected chi connectivity index (χ1v) is 9.19. The molecule has 0 aromatic heterocycles. The summed E-state index contributed by atoms with van der Waals surface area (Å²) in [6.07, 6.45) is -0.829. The van der Waals surface area contributed by atoms with Crippen LogP contribution < -0.4 is 20.3 Å². The number of rotatable bonds is 4. The van der Waals surface area contributed by atoms with Gasteiger partial charge >= 0.3 is 0 Å². The standard InChI is InChI=1S/C18H17ClN2O4S/c1-11(26-13-8-6-12(19)7-9-13)17(22)20-21-18(23)16-10-24-14-4-2-3-5-15(14)25-16/h2-9,11,16H,10H2,1H3,(H,20,22)(H,21,23)/t11-,16-/m0/s1. The highest BCUT2D eigenvalue weighted by Crippen LogP contribution is 2.30. The molecule has 26 heavy (non-hydrogen) atoms. The summed E-state index contributed by atoms with van der Waals surface area (Å²) in [4.78, 5) is 25.2. The first kappa shape index (κ1) is 18.4. The maximum Gasteiger partial charge on any atom is 0.283 e. The molecule has 2 N–H and O–H groups in total. The number of para-hydroxylation sites is 2. The van der Waals surface area contributed by atoms with Crippen LogP contribution in [-0.2, 0) is 9.59 Å². The van der Waals surface area contributed by atoms with Crippen molar-refractivity contribution in [3.63, 3.8) is 0 Å². The number of benzene rings is 2. The summed E-state index contributed by atoms with van der Waals surface area (Å²) in [6.45, 7) is 1.82. The van der Waals surface area contributed by atoms with E-state index >= 15 is 0 Å². The van der Waals surface area contributed by atoms with E-state index in [1.165, 1.54) is 11.8 Å². The number of fused-ring (bicyclic) bond motifs is 1. The first-order chi connectivity index (χ1) is 12.5. The van der Waals surface area contributed by atoms with Gasteiger partial charge in [-0.25, -0.2) is 0 Å². The number of nitrogens with one attached hydrogen (secondary N) is 2. The summed E-state index contributed by atoms with van der Waals surface area (Å²) in [7, 11) is 0. The molecule has 6 nitrogen and oxygen atoms in total. The minimum Gasteiger partial charge on any atom is -0.485 e. The maximum absolute atomic E-state index is 12.2. The topological polar surface area (TPSA) is 76.7 Å². The Balaban J connectivity index is 1.48. The van der Waals surface area contributed by atoms with E-state index in [1.807, 2.05) is 18.2 Å². The van der Waals surface area contributed by atoms with E-state index in [1.54, 1.807) is 37.3 Å². The summed E-state index contributed by atoms with van der Waals surface area (Å²) in [6, 6.07) is 14.3. The van der Waals surface area contributed by atoms with Gasteiger partial charge in [0.15, 0.2) is 11.5 Å². The summed E-state index contributed by atoms with van der Waals surface area (Å²) < 4.78 is 11.1. The molecule has 2 amide bonds. The molecule has 0 bridgehead atoms. The molecular formula is C18H17ClN2O4S. The molecule has 136 valence electrons. The molecule has 0 saturated heterocycles. The zero-order valence-corrected chi connectivity index (χ0v) is 15.5. The Morgan fingerprint density at radius 1 is 1.12 bits per heavy atom. The van der Waals surface area contributed by atoms with Crippen molar-refractivity contribution < 1.29 is 19.1 Å². The molecule has 0 fully saturated rings. The van der Waals surface area contributed by atoms with E-state index in [-0.39, 0.29) is 12.5 Å². The van der Waals surface area contributed by atoms with Crippen LogP contribution in [0, 0.1) is 0 Å². The third kappa shape index (κ3) is 4.62. The number of hydrogen-bond donors (Lipinski definition) is 2. The molecule has 2 aromatic carbocycles. The van der Waals surface area contributed by atoms with E-state index in [0.29, 0.717) is 16.5 Å². The lowest BCUT2D eigenvalue weighted by atomic mass is 10.2. The molecule has 1 aliphatic heterocycles. The number of carbonyl (C=O) groups is 2. The largest absolute Gasteiger partial charge is 0.485 e. The molecule has 0 radical (unpaired) electrons. The Kier molecular flexibility index (Phi) is 5.90. The molecule has 2 atom stereocenters. The van der Waals surface area contributed by atoms with Crippen LogP contribution in [0.1, 0.15) is 6.92 Å². The monoisotopic (exact) mass is 392 g/mol. The molecule has 1 aliphatic rings. The quantitative estimate of drug-likeness (QED) is 0.618. The molecular weight excluding hydrogens is 376 g/mol. The highest BCUT2D eigenvalue weighted by atomic mass is 35.5. The van der Waals surface area contributed by atoms with Crippen molar-refractivity contribution in [1.82, 2.24) is 10.9 Å². The highest BCUT2D eigenvalue weighted by Gasteiger charge is 2.28. The van der Waals surface area contributed by atoms with Gasteiger partial charge in [0.2, 0.25) is 6.10 Å².